The maximum absolute atomic E-state index is 13.5. The normalized spacial score (nSPS) is 31.6. The van der Waals surface area contributed by atoms with Crippen molar-refractivity contribution in [2.45, 2.75) is 38.0 Å². The average molecular weight is 450 g/mol. The Morgan fingerprint density at radius 2 is 1.91 bits per heavy atom. The van der Waals surface area contributed by atoms with E-state index in [4.69, 9.17) is 0 Å². The summed E-state index contributed by atoms with van der Waals surface area (Å²) < 4.78 is 40.6. The van der Waals surface area contributed by atoms with Crippen LogP contribution in [0.3, 0.4) is 0 Å². The Kier molecular flexibility index (Phi) is 4.51. The lowest BCUT2D eigenvalue weighted by molar-refractivity contribution is -0.190. The van der Waals surface area contributed by atoms with Crippen LogP contribution in [-0.4, -0.2) is 60.4 Å². The highest BCUT2D eigenvalue weighted by atomic mass is 19.4. The van der Waals surface area contributed by atoms with Crippen molar-refractivity contribution < 1.29 is 32.3 Å². The summed E-state index contributed by atoms with van der Waals surface area (Å²) in [4.78, 5) is 50.4. The minimum atomic E-state index is -4.28. The number of piperidine rings is 2. The first kappa shape index (κ1) is 21.1. The van der Waals surface area contributed by atoms with Gasteiger partial charge in [-0.25, -0.2) is 0 Å². The van der Waals surface area contributed by atoms with E-state index >= 15 is 0 Å². The molecular weight excluding hydrogens is 429 g/mol. The average Bonchev–Trinajstić information content (AvgIpc) is 3.12. The molecule has 5 rings (SSSR count). The van der Waals surface area contributed by atoms with E-state index in [2.05, 4.69) is 16.0 Å². The molecule has 1 aliphatic carbocycles. The molecule has 4 aliphatic rings. The van der Waals surface area contributed by atoms with Gasteiger partial charge >= 0.3 is 6.18 Å². The number of fused-ring (bicyclic) bond motifs is 2. The minimum Gasteiger partial charge on any atom is -0.315 e. The van der Waals surface area contributed by atoms with Crippen LogP contribution < -0.4 is 16.0 Å². The van der Waals surface area contributed by atoms with E-state index < -0.39 is 46.7 Å². The maximum Gasteiger partial charge on any atom is 0.396 e. The van der Waals surface area contributed by atoms with Gasteiger partial charge in [0.15, 0.2) is 0 Å². The molecule has 8 nitrogen and oxygen atoms in total. The van der Waals surface area contributed by atoms with Gasteiger partial charge in [0.1, 0.15) is 6.04 Å². The van der Waals surface area contributed by atoms with Gasteiger partial charge in [-0.3, -0.25) is 29.4 Å². The zero-order valence-corrected chi connectivity index (χ0v) is 17.0. The van der Waals surface area contributed by atoms with Crippen LogP contribution in [0.4, 0.5) is 13.2 Å². The zero-order chi connectivity index (χ0) is 22.9. The second-order valence-electron chi connectivity index (χ2n) is 9.03. The molecule has 2 saturated heterocycles. The molecule has 3 atom stereocenters. The van der Waals surface area contributed by atoms with Crippen molar-refractivity contribution in [3.63, 3.8) is 0 Å². The molecule has 3 N–H and O–H groups in total. The van der Waals surface area contributed by atoms with E-state index in [0.717, 1.165) is 4.90 Å². The van der Waals surface area contributed by atoms with Crippen molar-refractivity contribution in [1.29, 1.82) is 0 Å². The number of benzene rings is 1. The highest BCUT2D eigenvalue weighted by Gasteiger charge is 2.81. The number of halogens is 3. The molecule has 0 spiro atoms. The number of nitrogens with zero attached hydrogens (tertiary/aromatic N) is 1. The molecule has 1 saturated carbocycles. The standard InChI is InChI=1S/C21H21F3N4O4/c22-21(23,24)20-7-19(20,9-26-10-20)8-25-6-11-2-1-3-12-15(11)18(32)28(17(12)31)13-4-5-14(29)27-16(13)30/h1-3,13,25-26H,4-10H2,(H,27,29,30)/t13?,19-,20+/m1/s1. The smallest absolute Gasteiger partial charge is 0.315 e. The number of nitrogens with one attached hydrogen (secondary N) is 3. The molecule has 1 unspecified atom stereocenters. The molecule has 3 aliphatic heterocycles. The van der Waals surface area contributed by atoms with Gasteiger partial charge in [0.05, 0.1) is 16.5 Å². The molecule has 170 valence electrons. The number of imide groups is 2. The minimum absolute atomic E-state index is 0.0231. The summed E-state index contributed by atoms with van der Waals surface area (Å²) in [6.45, 7) is 0.420. The number of hydrogen-bond acceptors (Lipinski definition) is 6. The number of amides is 4. The van der Waals surface area contributed by atoms with Gasteiger partial charge in [0.2, 0.25) is 11.8 Å². The Hall–Kier alpha value is -2.79. The lowest BCUT2D eigenvalue weighted by Crippen LogP contribution is -2.54. The van der Waals surface area contributed by atoms with Crippen molar-refractivity contribution in [2.75, 3.05) is 19.6 Å². The molecule has 3 fully saturated rings. The summed E-state index contributed by atoms with van der Waals surface area (Å²) in [5.41, 5.74) is -1.83. The summed E-state index contributed by atoms with van der Waals surface area (Å²) in [5, 5.41) is 8.03. The number of carbonyl (C=O) groups is 4. The second-order valence-corrected chi connectivity index (χ2v) is 9.03. The Bertz CT molecular complexity index is 1060. The first-order valence-corrected chi connectivity index (χ1v) is 10.4. The van der Waals surface area contributed by atoms with Gasteiger partial charge in [-0.2, -0.15) is 13.2 Å². The van der Waals surface area contributed by atoms with Crippen LogP contribution in [-0.2, 0) is 16.1 Å². The summed E-state index contributed by atoms with van der Waals surface area (Å²) in [6, 6.07) is 3.66. The molecule has 4 amide bonds. The molecule has 0 bridgehead atoms. The molecule has 0 radical (unpaired) electrons. The van der Waals surface area contributed by atoms with Gasteiger partial charge in [-0.1, -0.05) is 12.1 Å². The van der Waals surface area contributed by atoms with E-state index in [1.54, 1.807) is 12.1 Å². The van der Waals surface area contributed by atoms with Crippen LogP contribution >= 0.6 is 0 Å². The third-order valence-electron chi connectivity index (χ3n) is 7.30. The van der Waals surface area contributed by atoms with Gasteiger partial charge in [0.25, 0.3) is 11.8 Å². The fourth-order valence-electron chi connectivity index (χ4n) is 5.49. The van der Waals surface area contributed by atoms with Gasteiger partial charge in [-0.05, 0) is 24.5 Å². The molecule has 0 aromatic heterocycles. The van der Waals surface area contributed by atoms with Crippen molar-refractivity contribution in [3.8, 4) is 0 Å². The highest BCUT2D eigenvalue weighted by Crippen LogP contribution is 2.72. The van der Waals surface area contributed by atoms with E-state index in [9.17, 15) is 32.3 Å². The Morgan fingerprint density at radius 1 is 1.12 bits per heavy atom. The van der Waals surface area contributed by atoms with Crippen LogP contribution in [0.5, 0.6) is 0 Å². The SMILES string of the molecule is O=C1CCC(N2C(=O)c3cccc(CNC[C@]45CNC[C@@]4(C(F)(F)F)C5)c3C2=O)C(=O)N1. The molecule has 32 heavy (non-hydrogen) atoms. The van der Waals surface area contributed by atoms with Crippen molar-refractivity contribution in [1.82, 2.24) is 20.9 Å². The second kappa shape index (κ2) is 6.85. The summed E-state index contributed by atoms with van der Waals surface area (Å²) in [6.07, 6.45) is -4.14. The van der Waals surface area contributed by atoms with Gasteiger partial charge in [0, 0.05) is 38.0 Å². The van der Waals surface area contributed by atoms with Crippen molar-refractivity contribution in [3.05, 3.63) is 34.9 Å². The first-order valence-electron chi connectivity index (χ1n) is 10.4. The Balaban J connectivity index is 1.32. The predicted molar refractivity (Wildman–Crippen MR) is 103 cm³/mol. The van der Waals surface area contributed by atoms with Crippen molar-refractivity contribution in [2.24, 2.45) is 10.8 Å². The summed E-state index contributed by atoms with van der Waals surface area (Å²) in [5.74, 6) is -2.39. The number of rotatable bonds is 5. The van der Waals surface area contributed by atoms with E-state index in [-0.39, 0.29) is 56.6 Å². The summed E-state index contributed by atoms with van der Waals surface area (Å²) >= 11 is 0. The molecule has 1 aromatic rings. The lowest BCUT2D eigenvalue weighted by atomic mass is 9.95. The lowest BCUT2D eigenvalue weighted by Gasteiger charge is -2.27. The first-order chi connectivity index (χ1) is 15.1. The predicted octanol–water partition coefficient (Wildman–Crippen LogP) is 0.719. The quantitative estimate of drug-likeness (QED) is 0.571. The number of alkyl halides is 3. The monoisotopic (exact) mass is 450 g/mol. The van der Waals surface area contributed by atoms with Gasteiger partial charge in [-0.15, -0.1) is 0 Å². The number of carbonyl (C=O) groups excluding carboxylic acids is 4. The summed E-state index contributed by atoms with van der Waals surface area (Å²) in [7, 11) is 0. The molecule has 11 heteroatoms. The van der Waals surface area contributed by atoms with Crippen LogP contribution in [0.1, 0.15) is 45.5 Å². The third kappa shape index (κ3) is 2.83. The molecular formula is C21H21F3N4O4. The topological polar surface area (TPSA) is 108 Å². The van der Waals surface area contributed by atoms with Crippen molar-refractivity contribution >= 4 is 23.6 Å². The van der Waals surface area contributed by atoms with E-state index in [1.807, 2.05) is 0 Å². The van der Waals surface area contributed by atoms with Crippen LogP contribution in [0.25, 0.3) is 0 Å². The van der Waals surface area contributed by atoms with Crippen LogP contribution in [0.2, 0.25) is 0 Å². The number of hydrogen-bond donors (Lipinski definition) is 3. The molecule has 3 heterocycles. The highest BCUT2D eigenvalue weighted by molar-refractivity contribution is 6.24. The Morgan fingerprint density at radius 3 is 2.59 bits per heavy atom. The van der Waals surface area contributed by atoms with E-state index in [1.165, 1.54) is 6.07 Å². The fourth-order valence-corrected chi connectivity index (χ4v) is 5.49. The maximum atomic E-state index is 13.5. The van der Waals surface area contributed by atoms with Crippen LogP contribution in [0, 0.1) is 10.8 Å². The van der Waals surface area contributed by atoms with E-state index in [0.29, 0.717) is 5.56 Å². The zero-order valence-electron chi connectivity index (χ0n) is 17.0. The van der Waals surface area contributed by atoms with Gasteiger partial charge < -0.3 is 10.6 Å². The third-order valence-corrected chi connectivity index (χ3v) is 7.30. The Labute approximate surface area is 180 Å². The van der Waals surface area contributed by atoms with Crippen LogP contribution in [0.15, 0.2) is 18.2 Å². The largest absolute Gasteiger partial charge is 0.396 e. The fraction of sp³-hybridized carbons (Fsp3) is 0.524. The molecule has 1 aromatic carbocycles.